The van der Waals surface area contributed by atoms with Crippen LogP contribution in [0.25, 0.3) is 0 Å². The summed E-state index contributed by atoms with van der Waals surface area (Å²) in [6.45, 7) is 7.22. The minimum absolute atomic E-state index is 0.0174. The molecule has 1 unspecified atom stereocenters. The molecule has 0 bridgehead atoms. The zero-order valence-corrected chi connectivity index (χ0v) is 14.9. The quantitative estimate of drug-likeness (QED) is 0.776. The smallest absolute Gasteiger partial charge is 0.161 e. The second-order valence-electron chi connectivity index (χ2n) is 5.33. The number of hydrogen-bond donors (Lipinski definition) is 2. The predicted octanol–water partition coefficient (Wildman–Crippen LogP) is 2.99. The largest absolute Gasteiger partial charge is 0.493 e. The average Bonchev–Trinajstić information content (AvgIpc) is 2.88. The lowest BCUT2D eigenvalue weighted by atomic mass is 10.1. The van der Waals surface area contributed by atoms with Crippen LogP contribution in [0.15, 0.2) is 18.2 Å². The summed E-state index contributed by atoms with van der Waals surface area (Å²) in [7, 11) is 1.62. The van der Waals surface area contributed by atoms with Gasteiger partial charge in [-0.3, -0.25) is 0 Å². The zero-order valence-electron chi connectivity index (χ0n) is 14.0. The number of aliphatic hydroxyl groups is 1. The number of nitrogens with one attached hydrogen (secondary N) is 1. The van der Waals surface area contributed by atoms with Crippen molar-refractivity contribution in [2.45, 2.75) is 33.4 Å². The van der Waals surface area contributed by atoms with E-state index in [1.807, 2.05) is 32.0 Å². The van der Waals surface area contributed by atoms with Crippen LogP contribution in [-0.2, 0) is 6.54 Å². The van der Waals surface area contributed by atoms with Gasteiger partial charge in [-0.2, -0.15) is 0 Å². The van der Waals surface area contributed by atoms with E-state index >= 15 is 0 Å². The molecule has 0 aliphatic rings. The summed E-state index contributed by atoms with van der Waals surface area (Å²) >= 11 is 1.73. The number of benzene rings is 1. The van der Waals surface area contributed by atoms with E-state index in [9.17, 15) is 0 Å². The van der Waals surface area contributed by atoms with Crippen LogP contribution in [0, 0.1) is 13.8 Å². The number of methoxy groups -OCH3 is 1. The van der Waals surface area contributed by atoms with E-state index in [0.29, 0.717) is 11.5 Å². The number of thiazole rings is 1. The highest BCUT2D eigenvalue weighted by atomic mass is 32.1. The van der Waals surface area contributed by atoms with Crippen LogP contribution in [0.2, 0.25) is 0 Å². The van der Waals surface area contributed by atoms with Gasteiger partial charge in [-0.05, 0) is 38.5 Å². The third-order valence-electron chi connectivity index (χ3n) is 3.60. The number of hydrogen-bond acceptors (Lipinski definition) is 6. The third kappa shape index (κ3) is 4.67. The van der Waals surface area contributed by atoms with Gasteiger partial charge in [0.2, 0.25) is 0 Å². The molecular formula is C17H24N2O3S. The van der Waals surface area contributed by atoms with Gasteiger partial charge in [0.1, 0.15) is 6.61 Å². The molecule has 0 aliphatic heterocycles. The van der Waals surface area contributed by atoms with Crippen LogP contribution >= 0.6 is 11.3 Å². The summed E-state index contributed by atoms with van der Waals surface area (Å²) in [6, 6.07) is 6.04. The molecule has 2 N–H and O–H groups in total. The Morgan fingerprint density at radius 2 is 2.09 bits per heavy atom. The van der Waals surface area contributed by atoms with Gasteiger partial charge in [0, 0.05) is 17.5 Å². The van der Waals surface area contributed by atoms with Gasteiger partial charge in [0.25, 0.3) is 0 Å². The number of aliphatic hydroxyl groups excluding tert-OH is 1. The fourth-order valence-corrected chi connectivity index (χ4v) is 3.22. The van der Waals surface area contributed by atoms with E-state index in [-0.39, 0.29) is 19.3 Å². The molecule has 1 aromatic carbocycles. The zero-order chi connectivity index (χ0) is 16.8. The van der Waals surface area contributed by atoms with Crippen molar-refractivity contribution in [1.82, 2.24) is 10.3 Å². The first-order valence-electron chi connectivity index (χ1n) is 7.63. The van der Waals surface area contributed by atoms with Gasteiger partial charge in [0.05, 0.1) is 24.4 Å². The van der Waals surface area contributed by atoms with E-state index in [1.54, 1.807) is 18.4 Å². The molecule has 6 heteroatoms. The Morgan fingerprint density at radius 3 is 2.70 bits per heavy atom. The third-order valence-corrected chi connectivity index (χ3v) is 4.68. The number of rotatable bonds is 8. The molecule has 0 radical (unpaired) electrons. The first-order chi connectivity index (χ1) is 11.0. The van der Waals surface area contributed by atoms with Crippen LogP contribution in [0.3, 0.4) is 0 Å². The molecule has 126 valence electrons. The van der Waals surface area contributed by atoms with E-state index in [2.05, 4.69) is 17.2 Å². The number of aryl methyl sites for hydroxylation is 2. The number of aromatic nitrogens is 1. The fraction of sp³-hybridized carbons (Fsp3) is 0.471. The van der Waals surface area contributed by atoms with Crippen molar-refractivity contribution in [1.29, 1.82) is 0 Å². The van der Waals surface area contributed by atoms with Gasteiger partial charge in [-0.25, -0.2) is 4.98 Å². The van der Waals surface area contributed by atoms with Crippen molar-refractivity contribution in [2.24, 2.45) is 0 Å². The van der Waals surface area contributed by atoms with Crippen LogP contribution in [-0.4, -0.2) is 30.4 Å². The summed E-state index contributed by atoms with van der Waals surface area (Å²) in [6.07, 6.45) is 0. The van der Waals surface area contributed by atoms with Gasteiger partial charge in [-0.15, -0.1) is 11.3 Å². The SMILES string of the molecule is COc1cc(C(C)NCc2sc(C)nc2C)ccc1OCCO. The molecule has 0 amide bonds. The van der Waals surface area contributed by atoms with Crippen LogP contribution < -0.4 is 14.8 Å². The summed E-state index contributed by atoms with van der Waals surface area (Å²) < 4.78 is 10.8. The molecule has 0 saturated carbocycles. The molecule has 5 nitrogen and oxygen atoms in total. The molecule has 0 aliphatic carbocycles. The highest BCUT2D eigenvalue weighted by Crippen LogP contribution is 2.30. The van der Waals surface area contributed by atoms with Gasteiger partial charge >= 0.3 is 0 Å². The molecule has 1 aromatic heterocycles. The van der Waals surface area contributed by atoms with Crippen molar-refractivity contribution in [2.75, 3.05) is 20.3 Å². The molecule has 0 fully saturated rings. The highest BCUT2D eigenvalue weighted by molar-refractivity contribution is 7.11. The van der Waals surface area contributed by atoms with E-state index < -0.39 is 0 Å². The Morgan fingerprint density at radius 1 is 1.30 bits per heavy atom. The molecule has 1 heterocycles. The maximum absolute atomic E-state index is 8.86. The summed E-state index contributed by atoms with van der Waals surface area (Å²) in [4.78, 5) is 5.72. The standard InChI is InChI=1S/C17H24N2O3S/c1-11(18-10-17-12(2)19-13(3)23-17)14-5-6-15(22-8-7-20)16(9-14)21-4/h5-6,9,11,18,20H,7-8,10H2,1-4H3. The second-order valence-corrected chi connectivity index (χ2v) is 6.61. The predicted molar refractivity (Wildman–Crippen MR) is 92.4 cm³/mol. The molecule has 2 aromatic rings. The van der Waals surface area contributed by atoms with Crippen LogP contribution in [0.1, 0.15) is 34.1 Å². The first kappa shape index (κ1) is 17.7. The monoisotopic (exact) mass is 336 g/mol. The topological polar surface area (TPSA) is 63.6 Å². The Kier molecular flexibility index (Phi) is 6.38. The van der Waals surface area contributed by atoms with Crippen molar-refractivity contribution in [3.05, 3.63) is 39.3 Å². The van der Waals surface area contributed by atoms with Gasteiger partial charge < -0.3 is 19.9 Å². The van der Waals surface area contributed by atoms with E-state index in [4.69, 9.17) is 14.6 Å². The number of nitrogens with zero attached hydrogens (tertiary/aromatic N) is 1. The van der Waals surface area contributed by atoms with Crippen LogP contribution in [0.5, 0.6) is 11.5 Å². The lowest BCUT2D eigenvalue weighted by molar-refractivity contribution is 0.196. The normalized spacial score (nSPS) is 12.2. The average molecular weight is 336 g/mol. The summed E-state index contributed by atoms with van der Waals surface area (Å²) in [5.74, 6) is 1.32. The van der Waals surface area contributed by atoms with Gasteiger partial charge in [-0.1, -0.05) is 6.07 Å². The minimum Gasteiger partial charge on any atom is -0.493 e. The molecule has 23 heavy (non-hydrogen) atoms. The second kappa shape index (κ2) is 8.29. The molecule has 1 atom stereocenters. The first-order valence-corrected chi connectivity index (χ1v) is 8.44. The van der Waals surface area contributed by atoms with Gasteiger partial charge in [0.15, 0.2) is 11.5 Å². The molecule has 0 saturated heterocycles. The maximum Gasteiger partial charge on any atom is 0.161 e. The van der Waals surface area contributed by atoms with Crippen molar-refractivity contribution < 1.29 is 14.6 Å². The molecular weight excluding hydrogens is 312 g/mol. The van der Waals surface area contributed by atoms with E-state index in [1.165, 1.54) is 4.88 Å². The van der Waals surface area contributed by atoms with Crippen molar-refractivity contribution in [3.63, 3.8) is 0 Å². The highest BCUT2D eigenvalue weighted by Gasteiger charge is 2.12. The Labute approximate surface area is 141 Å². The number of ether oxygens (including phenoxy) is 2. The summed E-state index contributed by atoms with van der Waals surface area (Å²) in [5.41, 5.74) is 2.22. The van der Waals surface area contributed by atoms with Crippen molar-refractivity contribution >= 4 is 11.3 Å². The van der Waals surface area contributed by atoms with E-state index in [0.717, 1.165) is 22.8 Å². The minimum atomic E-state index is -0.0174. The lowest BCUT2D eigenvalue weighted by Crippen LogP contribution is -2.18. The molecule has 0 spiro atoms. The fourth-order valence-electron chi connectivity index (χ4n) is 2.33. The maximum atomic E-state index is 8.86. The van der Waals surface area contributed by atoms with Crippen molar-refractivity contribution in [3.8, 4) is 11.5 Å². The Hall–Kier alpha value is -1.63. The Bertz CT molecular complexity index is 643. The van der Waals surface area contributed by atoms with Crippen LogP contribution in [0.4, 0.5) is 0 Å². The summed E-state index contributed by atoms with van der Waals surface area (Å²) in [5, 5.41) is 13.5. The molecule has 2 rings (SSSR count). The Balaban J connectivity index is 2.03. The lowest BCUT2D eigenvalue weighted by Gasteiger charge is -2.17.